The Morgan fingerprint density at radius 3 is 2.44 bits per heavy atom. The molecule has 0 radical (unpaired) electrons. The van der Waals surface area contributed by atoms with E-state index in [4.69, 9.17) is 9.26 Å². The molecule has 0 aliphatic rings. The molecule has 0 saturated carbocycles. The summed E-state index contributed by atoms with van der Waals surface area (Å²) in [6.07, 6.45) is 0.887. The first-order valence-corrected chi connectivity index (χ1v) is 8.05. The lowest BCUT2D eigenvalue weighted by atomic mass is 10.1. The second-order valence-electron chi connectivity index (χ2n) is 5.66. The molecule has 0 saturated heterocycles. The average Bonchev–Trinajstić information content (AvgIpc) is 3.00. The molecule has 0 unspecified atom stereocenters. The van der Waals surface area contributed by atoms with Gasteiger partial charge in [-0.1, -0.05) is 17.3 Å². The van der Waals surface area contributed by atoms with Gasteiger partial charge in [0.2, 0.25) is 0 Å². The fourth-order valence-corrected chi connectivity index (χ4v) is 2.41. The van der Waals surface area contributed by atoms with E-state index in [2.05, 4.69) is 37.9 Å². The standard InChI is InChI=1S/C18H21N5O2/c1-12-10-18(23-25-12)22-17-11-16(20-13(2)21-17)19-9-8-14-4-6-15(24-3)7-5-14/h4-7,10-11H,8-9H2,1-3H3,(H2,19,20,21,22,23). The van der Waals surface area contributed by atoms with Crippen molar-refractivity contribution in [3.63, 3.8) is 0 Å². The number of methoxy groups -OCH3 is 1. The Labute approximate surface area is 146 Å². The van der Waals surface area contributed by atoms with Crippen LogP contribution in [0.3, 0.4) is 0 Å². The van der Waals surface area contributed by atoms with Crippen LogP contribution in [-0.4, -0.2) is 28.8 Å². The van der Waals surface area contributed by atoms with E-state index in [9.17, 15) is 0 Å². The van der Waals surface area contributed by atoms with Crippen molar-refractivity contribution in [2.24, 2.45) is 0 Å². The zero-order chi connectivity index (χ0) is 17.6. The van der Waals surface area contributed by atoms with Crippen molar-refractivity contribution in [2.75, 3.05) is 24.3 Å². The Morgan fingerprint density at radius 2 is 1.76 bits per heavy atom. The molecule has 0 fully saturated rings. The molecule has 0 aliphatic carbocycles. The largest absolute Gasteiger partial charge is 0.497 e. The van der Waals surface area contributed by atoms with Gasteiger partial charge in [0.25, 0.3) is 0 Å². The highest BCUT2D eigenvalue weighted by Crippen LogP contribution is 2.17. The number of anilines is 3. The maximum atomic E-state index is 5.17. The van der Waals surface area contributed by atoms with Gasteiger partial charge < -0.3 is 19.9 Å². The summed E-state index contributed by atoms with van der Waals surface area (Å²) in [5.41, 5.74) is 1.23. The Kier molecular flexibility index (Phi) is 5.13. The lowest BCUT2D eigenvalue weighted by molar-refractivity contribution is 0.400. The van der Waals surface area contributed by atoms with E-state index >= 15 is 0 Å². The summed E-state index contributed by atoms with van der Waals surface area (Å²) in [4.78, 5) is 8.78. The second-order valence-corrected chi connectivity index (χ2v) is 5.66. The van der Waals surface area contributed by atoms with E-state index in [1.54, 1.807) is 7.11 Å². The Morgan fingerprint density at radius 1 is 1.00 bits per heavy atom. The molecule has 25 heavy (non-hydrogen) atoms. The first-order chi connectivity index (χ1) is 12.1. The van der Waals surface area contributed by atoms with Gasteiger partial charge in [-0.25, -0.2) is 9.97 Å². The third kappa shape index (κ3) is 4.69. The maximum Gasteiger partial charge on any atom is 0.175 e. The van der Waals surface area contributed by atoms with Gasteiger partial charge in [-0.3, -0.25) is 0 Å². The van der Waals surface area contributed by atoms with Gasteiger partial charge in [0.05, 0.1) is 7.11 Å². The molecule has 130 valence electrons. The van der Waals surface area contributed by atoms with Gasteiger partial charge in [0.15, 0.2) is 5.82 Å². The summed E-state index contributed by atoms with van der Waals surface area (Å²) in [5, 5.41) is 10.4. The van der Waals surface area contributed by atoms with Crippen LogP contribution in [0.1, 0.15) is 17.1 Å². The molecule has 3 aromatic rings. The second kappa shape index (κ2) is 7.65. The molecule has 1 aromatic carbocycles. The first kappa shape index (κ1) is 16.8. The summed E-state index contributed by atoms with van der Waals surface area (Å²) < 4.78 is 10.2. The highest BCUT2D eigenvalue weighted by atomic mass is 16.5. The number of aryl methyl sites for hydroxylation is 2. The third-order valence-corrected chi connectivity index (χ3v) is 3.60. The average molecular weight is 339 g/mol. The van der Waals surface area contributed by atoms with E-state index in [0.29, 0.717) is 17.5 Å². The van der Waals surface area contributed by atoms with E-state index in [-0.39, 0.29) is 0 Å². The SMILES string of the molecule is COc1ccc(CCNc2cc(Nc3cc(C)on3)nc(C)n2)cc1. The van der Waals surface area contributed by atoms with Gasteiger partial charge in [-0.05, 0) is 38.0 Å². The van der Waals surface area contributed by atoms with Crippen LogP contribution in [0.2, 0.25) is 0 Å². The molecule has 2 N–H and O–H groups in total. The first-order valence-electron chi connectivity index (χ1n) is 8.05. The van der Waals surface area contributed by atoms with Gasteiger partial charge in [0.1, 0.15) is 29.0 Å². The Hall–Kier alpha value is -3.09. The van der Waals surface area contributed by atoms with E-state index in [1.165, 1.54) is 5.56 Å². The van der Waals surface area contributed by atoms with Gasteiger partial charge >= 0.3 is 0 Å². The molecular formula is C18H21N5O2. The molecule has 7 nitrogen and oxygen atoms in total. The lowest BCUT2D eigenvalue weighted by Crippen LogP contribution is -2.08. The van der Waals surface area contributed by atoms with Crippen molar-refractivity contribution >= 4 is 17.5 Å². The summed E-state index contributed by atoms with van der Waals surface area (Å²) in [7, 11) is 1.67. The van der Waals surface area contributed by atoms with Crippen LogP contribution in [0.25, 0.3) is 0 Å². The Balaban J connectivity index is 1.59. The summed E-state index contributed by atoms with van der Waals surface area (Å²) >= 11 is 0. The van der Waals surface area contributed by atoms with Crippen LogP contribution in [0, 0.1) is 13.8 Å². The van der Waals surface area contributed by atoms with Crippen molar-refractivity contribution in [3.8, 4) is 5.75 Å². The number of hydrogen-bond acceptors (Lipinski definition) is 7. The quantitative estimate of drug-likeness (QED) is 0.681. The lowest BCUT2D eigenvalue weighted by Gasteiger charge is -2.09. The van der Waals surface area contributed by atoms with Crippen LogP contribution in [0.15, 0.2) is 40.9 Å². The molecular weight excluding hydrogens is 318 g/mol. The minimum atomic E-state index is 0.625. The smallest absolute Gasteiger partial charge is 0.175 e. The molecule has 0 amide bonds. The minimum absolute atomic E-state index is 0.625. The molecule has 2 heterocycles. The fourth-order valence-electron chi connectivity index (χ4n) is 2.41. The zero-order valence-corrected chi connectivity index (χ0v) is 14.5. The number of hydrogen-bond donors (Lipinski definition) is 2. The fraction of sp³-hybridized carbons (Fsp3) is 0.278. The van der Waals surface area contributed by atoms with Crippen molar-refractivity contribution in [1.82, 2.24) is 15.1 Å². The van der Waals surface area contributed by atoms with Gasteiger partial charge in [-0.2, -0.15) is 0 Å². The number of benzene rings is 1. The number of nitrogens with zero attached hydrogens (tertiary/aromatic N) is 3. The predicted molar refractivity (Wildman–Crippen MR) is 96.5 cm³/mol. The summed E-state index contributed by atoms with van der Waals surface area (Å²) in [6.45, 7) is 4.47. The number of aromatic nitrogens is 3. The molecule has 7 heteroatoms. The van der Waals surface area contributed by atoms with Crippen LogP contribution >= 0.6 is 0 Å². The number of nitrogens with one attached hydrogen (secondary N) is 2. The van der Waals surface area contributed by atoms with Crippen LogP contribution < -0.4 is 15.4 Å². The maximum absolute atomic E-state index is 5.17. The number of rotatable bonds is 7. The minimum Gasteiger partial charge on any atom is -0.497 e. The monoisotopic (exact) mass is 339 g/mol. The van der Waals surface area contributed by atoms with E-state index in [1.807, 2.05) is 38.1 Å². The third-order valence-electron chi connectivity index (χ3n) is 3.60. The molecule has 0 bridgehead atoms. The summed E-state index contributed by atoms with van der Waals surface area (Å²) in [6, 6.07) is 11.7. The van der Waals surface area contributed by atoms with Crippen molar-refractivity contribution in [1.29, 1.82) is 0 Å². The van der Waals surface area contributed by atoms with Crippen LogP contribution in [0.4, 0.5) is 17.5 Å². The van der Waals surface area contributed by atoms with Crippen LogP contribution in [-0.2, 0) is 6.42 Å². The van der Waals surface area contributed by atoms with E-state index in [0.717, 1.165) is 30.3 Å². The normalized spacial score (nSPS) is 10.5. The molecule has 2 aromatic heterocycles. The highest BCUT2D eigenvalue weighted by Gasteiger charge is 2.05. The zero-order valence-electron chi connectivity index (χ0n) is 14.5. The predicted octanol–water partition coefficient (Wildman–Crippen LogP) is 3.49. The summed E-state index contributed by atoms with van der Waals surface area (Å²) in [5.74, 6) is 4.35. The molecule has 0 aliphatic heterocycles. The number of ether oxygens (including phenoxy) is 1. The molecule has 0 spiro atoms. The van der Waals surface area contributed by atoms with Crippen molar-refractivity contribution < 1.29 is 9.26 Å². The van der Waals surface area contributed by atoms with Crippen molar-refractivity contribution in [3.05, 3.63) is 53.5 Å². The van der Waals surface area contributed by atoms with Crippen LogP contribution in [0.5, 0.6) is 5.75 Å². The van der Waals surface area contributed by atoms with Crippen molar-refractivity contribution in [2.45, 2.75) is 20.3 Å². The topological polar surface area (TPSA) is 85.1 Å². The molecule has 3 rings (SSSR count). The Bertz CT molecular complexity index is 830. The van der Waals surface area contributed by atoms with Gasteiger partial charge in [0, 0.05) is 18.7 Å². The van der Waals surface area contributed by atoms with E-state index < -0.39 is 0 Å². The van der Waals surface area contributed by atoms with Gasteiger partial charge in [-0.15, -0.1) is 0 Å². The highest BCUT2D eigenvalue weighted by molar-refractivity contribution is 5.56. The molecule has 0 atom stereocenters.